The predicted octanol–water partition coefficient (Wildman–Crippen LogP) is 2.02. The summed E-state index contributed by atoms with van der Waals surface area (Å²) in [6.45, 7) is 4.05. The normalized spacial score (nSPS) is 9.85. The van der Waals surface area contributed by atoms with Crippen molar-refractivity contribution in [2.45, 2.75) is 19.3 Å². The standard InChI is InChI=1S/C15H19NO4/c1-3-4-5-14(17)16-9-8-11-6-7-12(15(18)19)10-13(11)20-2/h3,6-7,10H,1,4-5,8-9H2,2H3,(H,16,17)(H,18,19). The molecule has 0 saturated carbocycles. The molecule has 1 aromatic rings. The Bertz CT molecular complexity index is 497. The van der Waals surface area contributed by atoms with E-state index in [1.165, 1.54) is 19.2 Å². The highest BCUT2D eigenvalue weighted by Crippen LogP contribution is 2.20. The monoisotopic (exact) mass is 277 g/mol. The molecule has 0 bridgehead atoms. The zero-order chi connectivity index (χ0) is 15.0. The Kier molecular flexibility index (Phi) is 6.29. The molecule has 1 rings (SSSR count). The van der Waals surface area contributed by atoms with Crippen molar-refractivity contribution in [2.24, 2.45) is 0 Å². The number of amides is 1. The fourth-order valence-corrected chi connectivity index (χ4v) is 1.74. The van der Waals surface area contributed by atoms with Crippen molar-refractivity contribution >= 4 is 11.9 Å². The Labute approximate surface area is 118 Å². The molecule has 0 saturated heterocycles. The molecule has 5 heteroatoms. The summed E-state index contributed by atoms with van der Waals surface area (Å²) in [6, 6.07) is 4.72. The van der Waals surface area contributed by atoms with E-state index < -0.39 is 5.97 Å². The molecule has 0 aliphatic rings. The maximum Gasteiger partial charge on any atom is 0.335 e. The van der Waals surface area contributed by atoms with Gasteiger partial charge in [0.05, 0.1) is 12.7 Å². The molecule has 0 spiro atoms. The highest BCUT2D eigenvalue weighted by Gasteiger charge is 2.09. The second-order valence-corrected chi connectivity index (χ2v) is 4.26. The van der Waals surface area contributed by atoms with E-state index in [0.717, 1.165) is 5.56 Å². The smallest absolute Gasteiger partial charge is 0.335 e. The minimum atomic E-state index is -0.993. The van der Waals surface area contributed by atoms with Crippen LogP contribution in [0.2, 0.25) is 0 Å². The molecule has 0 unspecified atom stereocenters. The summed E-state index contributed by atoms with van der Waals surface area (Å²) in [5.41, 5.74) is 1.04. The lowest BCUT2D eigenvalue weighted by Gasteiger charge is -2.10. The quantitative estimate of drug-likeness (QED) is 0.713. The number of benzene rings is 1. The third kappa shape index (κ3) is 4.76. The van der Waals surface area contributed by atoms with Gasteiger partial charge in [-0.3, -0.25) is 4.79 Å². The Balaban J connectivity index is 2.57. The molecular weight excluding hydrogens is 258 g/mol. The number of methoxy groups -OCH3 is 1. The Morgan fingerprint density at radius 1 is 1.45 bits per heavy atom. The van der Waals surface area contributed by atoms with Gasteiger partial charge in [0.1, 0.15) is 5.75 Å². The van der Waals surface area contributed by atoms with E-state index in [0.29, 0.717) is 31.6 Å². The molecule has 0 aromatic heterocycles. The number of allylic oxidation sites excluding steroid dienone is 1. The lowest BCUT2D eigenvalue weighted by molar-refractivity contribution is -0.120. The summed E-state index contributed by atoms with van der Waals surface area (Å²) in [5.74, 6) is -0.496. The number of hydrogen-bond donors (Lipinski definition) is 2. The number of hydrogen-bond acceptors (Lipinski definition) is 3. The van der Waals surface area contributed by atoms with Gasteiger partial charge in [0, 0.05) is 13.0 Å². The highest BCUT2D eigenvalue weighted by atomic mass is 16.5. The molecule has 0 heterocycles. The van der Waals surface area contributed by atoms with Gasteiger partial charge in [-0.25, -0.2) is 4.79 Å². The second kappa shape index (κ2) is 7.99. The molecule has 2 N–H and O–H groups in total. The van der Waals surface area contributed by atoms with Gasteiger partial charge in [-0.15, -0.1) is 6.58 Å². The summed E-state index contributed by atoms with van der Waals surface area (Å²) in [6.07, 6.45) is 3.37. The van der Waals surface area contributed by atoms with Crippen molar-refractivity contribution in [1.29, 1.82) is 0 Å². The summed E-state index contributed by atoms with van der Waals surface area (Å²) in [4.78, 5) is 22.3. The molecule has 20 heavy (non-hydrogen) atoms. The third-order valence-corrected chi connectivity index (χ3v) is 2.83. The third-order valence-electron chi connectivity index (χ3n) is 2.83. The molecule has 0 radical (unpaired) electrons. The van der Waals surface area contributed by atoms with E-state index in [4.69, 9.17) is 9.84 Å². The Hall–Kier alpha value is -2.30. The lowest BCUT2D eigenvalue weighted by Crippen LogP contribution is -2.25. The van der Waals surface area contributed by atoms with E-state index in [1.54, 1.807) is 12.1 Å². The van der Waals surface area contributed by atoms with E-state index in [9.17, 15) is 9.59 Å². The number of rotatable bonds is 8. The minimum absolute atomic E-state index is 0.0222. The molecule has 5 nitrogen and oxygen atoms in total. The van der Waals surface area contributed by atoms with Crippen molar-refractivity contribution in [1.82, 2.24) is 5.32 Å². The van der Waals surface area contributed by atoms with Crippen molar-refractivity contribution < 1.29 is 19.4 Å². The molecule has 0 aliphatic carbocycles. The number of carboxylic acids is 1. The van der Waals surface area contributed by atoms with Gasteiger partial charge in [0.25, 0.3) is 0 Å². The molecule has 0 atom stereocenters. The van der Waals surface area contributed by atoms with Crippen molar-refractivity contribution in [3.8, 4) is 5.75 Å². The van der Waals surface area contributed by atoms with Crippen LogP contribution in [0, 0.1) is 0 Å². The molecule has 1 amide bonds. The van der Waals surface area contributed by atoms with Gasteiger partial charge in [0.2, 0.25) is 5.91 Å². The topological polar surface area (TPSA) is 75.6 Å². The minimum Gasteiger partial charge on any atom is -0.496 e. The summed E-state index contributed by atoms with van der Waals surface area (Å²) >= 11 is 0. The number of carboxylic acid groups (broad SMARTS) is 1. The van der Waals surface area contributed by atoms with Crippen LogP contribution in [0.1, 0.15) is 28.8 Å². The van der Waals surface area contributed by atoms with Crippen LogP contribution in [-0.2, 0) is 11.2 Å². The van der Waals surface area contributed by atoms with Crippen molar-refractivity contribution in [3.63, 3.8) is 0 Å². The zero-order valence-electron chi connectivity index (χ0n) is 11.5. The van der Waals surface area contributed by atoms with Crippen molar-refractivity contribution in [3.05, 3.63) is 42.0 Å². The van der Waals surface area contributed by atoms with Gasteiger partial charge in [-0.2, -0.15) is 0 Å². The van der Waals surface area contributed by atoms with Gasteiger partial charge in [0.15, 0.2) is 0 Å². The first kappa shape index (κ1) is 15.8. The summed E-state index contributed by atoms with van der Waals surface area (Å²) in [7, 11) is 1.49. The Morgan fingerprint density at radius 2 is 2.20 bits per heavy atom. The van der Waals surface area contributed by atoms with E-state index in [2.05, 4.69) is 11.9 Å². The van der Waals surface area contributed by atoms with Crippen LogP contribution < -0.4 is 10.1 Å². The van der Waals surface area contributed by atoms with Gasteiger partial charge in [-0.1, -0.05) is 12.1 Å². The van der Waals surface area contributed by atoms with Crippen LogP contribution in [0.15, 0.2) is 30.9 Å². The first-order chi connectivity index (χ1) is 9.58. The number of aromatic carboxylic acids is 1. The zero-order valence-corrected chi connectivity index (χ0v) is 11.5. The highest BCUT2D eigenvalue weighted by molar-refractivity contribution is 5.88. The van der Waals surface area contributed by atoms with Gasteiger partial charge < -0.3 is 15.2 Å². The fourth-order valence-electron chi connectivity index (χ4n) is 1.74. The summed E-state index contributed by atoms with van der Waals surface area (Å²) in [5, 5.41) is 11.7. The number of carbonyl (C=O) groups is 2. The van der Waals surface area contributed by atoms with Crippen LogP contribution in [0.4, 0.5) is 0 Å². The van der Waals surface area contributed by atoms with Gasteiger partial charge in [-0.05, 0) is 30.5 Å². The van der Waals surface area contributed by atoms with Crippen LogP contribution in [0.3, 0.4) is 0 Å². The largest absolute Gasteiger partial charge is 0.496 e. The van der Waals surface area contributed by atoms with Crippen LogP contribution >= 0.6 is 0 Å². The molecule has 0 fully saturated rings. The number of nitrogens with one attached hydrogen (secondary N) is 1. The average molecular weight is 277 g/mol. The van der Waals surface area contributed by atoms with Crippen molar-refractivity contribution in [2.75, 3.05) is 13.7 Å². The SMILES string of the molecule is C=CCCC(=O)NCCc1ccc(C(=O)O)cc1OC. The van der Waals surface area contributed by atoms with Crippen LogP contribution in [0.5, 0.6) is 5.75 Å². The maximum absolute atomic E-state index is 11.4. The number of ether oxygens (including phenoxy) is 1. The first-order valence-corrected chi connectivity index (χ1v) is 6.36. The lowest BCUT2D eigenvalue weighted by atomic mass is 10.1. The van der Waals surface area contributed by atoms with Crippen LogP contribution in [0.25, 0.3) is 0 Å². The predicted molar refractivity (Wildman–Crippen MR) is 76.1 cm³/mol. The van der Waals surface area contributed by atoms with Crippen LogP contribution in [-0.4, -0.2) is 30.6 Å². The molecular formula is C15H19NO4. The Morgan fingerprint density at radius 3 is 2.80 bits per heavy atom. The second-order valence-electron chi connectivity index (χ2n) is 4.26. The first-order valence-electron chi connectivity index (χ1n) is 6.36. The molecule has 108 valence electrons. The van der Waals surface area contributed by atoms with E-state index >= 15 is 0 Å². The fraction of sp³-hybridized carbons (Fsp3) is 0.333. The maximum atomic E-state index is 11.4. The van der Waals surface area contributed by atoms with E-state index in [1.807, 2.05) is 0 Å². The number of carbonyl (C=O) groups excluding carboxylic acids is 1. The van der Waals surface area contributed by atoms with E-state index in [-0.39, 0.29) is 11.5 Å². The van der Waals surface area contributed by atoms with Gasteiger partial charge >= 0.3 is 5.97 Å². The summed E-state index contributed by atoms with van der Waals surface area (Å²) < 4.78 is 5.17. The molecule has 1 aromatic carbocycles. The molecule has 0 aliphatic heterocycles. The average Bonchev–Trinajstić information content (AvgIpc) is 2.45.